The van der Waals surface area contributed by atoms with Crippen molar-refractivity contribution >= 4 is 22.6 Å². The quantitative estimate of drug-likeness (QED) is 0.821. The van der Waals surface area contributed by atoms with Crippen LogP contribution in [0, 0.1) is 0 Å². The number of benzene rings is 1. The van der Waals surface area contributed by atoms with Crippen LogP contribution in [0.1, 0.15) is 23.8 Å². The van der Waals surface area contributed by atoms with Crippen LogP contribution in [0.25, 0.3) is 11.0 Å². The number of hydrogen-bond acceptors (Lipinski definition) is 2. The second-order valence-corrected chi connectivity index (χ2v) is 4.59. The van der Waals surface area contributed by atoms with Gasteiger partial charge in [0.1, 0.15) is 11.3 Å². The summed E-state index contributed by atoms with van der Waals surface area (Å²) in [6.45, 7) is 4.00. The Morgan fingerprint density at radius 1 is 1.38 bits per heavy atom. The third-order valence-corrected chi connectivity index (χ3v) is 3.62. The molecule has 0 radical (unpaired) electrons. The van der Waals surface area contributed by atoms with Crippen molar-refractivity contribution in [3.05, 3.63) is 34.0 Å². The number of halogens is 1. The summed E-state index contributed by atoms with van der Waals surface area (Å²) in [4.78, 5) is 0. The Morgan fingerprint density at radius 3 is 3.06 bits per heavy atom. The Kier molecular flexibility index (Phi) is 2.41. The summed E-state index contributed by atoms with van der Waals surface area (Å²) in [6.07, 6.45) is 1.91. The van der Waals surface area contributed by atoms with Gasteiger partial charge in [-0.2, -0.15) is 0 Å². The summed E-state index contributed by atoms with van der Waals surface area (Å²) in [6, 6.07) is 3.92. The van der Waals surface area contributed by atoms with Crippen LogP contribution in [0.3, 0.4) is 0 Å². The van der Waals surface area contributed by atoms with Crippen LogP contribution in [0.5, 0.6) is 0 Å². The van der Waals surface area contributed by atoms with Gasteiger partial charge in [-0.15, -0.1) is 0 Å². The van der Waals surface area contributed by atoms with Gasteiger partial charge in [0.15, 0.2) is 0 Å². The highest BCUT2D eigenvalue weighted by atomic mass is 35.5. The highest BCUT2D eigenvalue weighted by Gasteiger charge is 2.19. The normalized spacial score (nSPS) is 15.4. The van der Waals surface area contributed by atoms with Crippen LogP contribution >= 0.6 is 11.6 Å². The Morgan fingerprint density at radius 2 is 2.25 bits per heavy atom. The van der Waals surface area contributed by atoms with Gasteiger partial charge in [-0.3, -0.25) is 0 Å². The van der Waals surface area contributed by atoms with E-state index in [0.29, 0.717) is 0 Å². The molecular weight excluding hydrogens is 222 g/mol. The summed E-state index contributed by atoms with van der Waals surface area (Å²) >= 11 is 6.26. The van der Waals surface area contributed by atoms with Crippen LogP contribution in [-0.4, -0.2) is 6.54 Å². The Bertz CT molecular complexity index is 544. The van der Waals surface area contributed by atoms with Gasteiger partial charge in [0.2, 0.25) is 0 Å². The Hall–Kier alpha value is -0.990. The van der Waals surface area contributed by atoms with Crippen molar-refractivity contribution in [1.29, 1.82) is 0 Å². The molecule has 3 rings (SSSR count). The van der Waals surface area contributed by atoms with Gasteiger partial charge in [0.05, 0.1) is 0 Å². The van der Waals surface area contributed by atoms with E-state index < -0.39 is 0 Å². The lowest BCUT2D eigenvalue weighted by Crippen LogP contribution is -2.14. The maximum Gasteiger partial charge on any atom is 0.134 e. The van der Waals surface area contributed by atoms with Gasteiger partial charge in [0.25, 0.3) is 0 Å². The smallest absolute Gasteiger partial charge is 0.134 e. The van der Waals surface area contributed by atoms with Crippen LogP contribution in [0.4, 0.5) is 0 Å². The topological polar surface area (TPSA) is 25.2 Å². The summed E-state index contributed by atoms with van der Waals surface area (Å²) in [5.41, 5.74) is 3.52. The lowest BCUT2D eigenvalue weighted by atomic mass is 10.0. The molecule has 1 aromatic heterocycles. The summed E-state index contributed by atoms with van der Waals surface area (Å²) in [7, 11) is 0. The predicted molar refractivity (Wildman–Crippen MR) is 66.0 cm³/mol. The van der Waals surface area contributed by atoms with Gasteiger partial charge >= 0.3 is 0 Å². The predicted octanol–water partition coefficient (Wildman–Crippen LogP) is 3.29. The molecule has 2 heterocycles. The molecule has 1 aliphatic rings. The monoisotopic (exact) mass is 235 g/mol. The van der Waals surface area contributed by atoms with E-state index in [4.69, 9.17) is 16.0 Å². The number of furan rings is 1. The van der Waals surface area contributed by atoms with Crippen molar-refractivity contribution in [2.24, 2.45) is 0 Å². The maximum atomic E-state index is 6.26. The van der Waals surface area contributed by atoms with Crippen molar-refractivity contribution in [1.82, 2.24) is 5.32 Å². The summed E-state index contributed by atoms with van der Waals surface area (Å²) in [5, 5.41) is 5.53. The molecule has 0 spiro atoms. The van der Waals surface area contributed by atoms with E-state index in [2.05, 4.69) is 12.2 Å². The van der Waals surface area contributed by atoms with Crippen molar-refractivity contribution in [3.8, 4) is 0 Å². The number of aryl methyl sites for hydroxylation is 1. The molecule has 0 atom stereocenters. The molecule has 0 fully saturated rings. The standard InChI is InChI=1S/C13H14ClNO/c1-2-11-9-7-15-6-5-8-10(14)3-4-12(16-11)13(8)9/h3-4,15H,2,5-7H2,1H3. The van der Waals surface area contributed by atoms with Crippen LogP contribution in [-0.2, 0) is 19.4 Å². The first-order chi connectivity index (χ1) is 7.81. The Balaban J connectivity index is 2.39. The molecular formula is C13H14ClNO. The second kappa shape index (κ2) is 3.79. The van der Waals surface area contributed by atoms with E-state index in [1.165, 1.54) is 16.5 Å². The lowest BCUT2D eigenvalue weighted by Gasteiger charge is -2.02. The summed E-state index contributed by atoms with van der Waals surface area (Å²) in [5.74, 6) is 1.09. The molecule has 0 unspecified atom stereocenters. The highest BCUT2D eigenvalue weighted by Crippen LogP contribution is 2.34. The first kappa shape index (κ1) is 10.2. The molecule has 0 saturated carbocycles. The molecule has 0 bridgehead atoms. The number of nitrogens with one attached hydrogen (secondary N) is 1. The van der Waals surface area contributed by atoms with Gasteiger partial charge in [-0.1, -0.05) is 18.5 Å². The molecule has 0 amide bonds. The first-order valence-electron chi connectivity index (χ1n) is 5.73. The van der Waals surface area contributed by atoms with Gasteiger partial charge in [-0.05, 0) is 30.7 Å². The fourth-order valence-electron chi connectivity index (χ4n) is 2.49. The fourth-order valence-corrected chi connectivity index (χ4v) is 2.75. The number of hydrogen-bond donors (Lipinski definition) is 1. The van der Waals surface area contributed by atoms with Crippen molar-refractivity contribution in [2.75, 3.05) is 6.54 Å². The van der Waals surface area contributed by atoms with E-state index in [9.17, 15) is 0 Å². The van der Waals surface area contributed by atoms with Gasteiger partial charge in [-0.25, -0.2) is 0 Å². The van der Waals surface area contributed by atoms with Gasteiger partial charge in [0, 0.05) is 28.9 Å². The summed E-state index contributed by atoms with van der Waals surface area (Å²) < 4.78 is 5.87. The first-order valence-corrected chi connectivity index (χ1v) is 6.11. The van der Waals surface area contributed by atoms with E-state index in [-0.39, 0.29) is 0 Å². The van der Waals surface area contributed by atoms with E-state index in [1.54, 1.807) is 0 Å². The van der Waals surface area contributed by atoms with E-state index in [0.717, 1.165) is 42.3 Å². The zero-order chi connectivity index (χ0) is 11.1. The van der Waals surface area contributed by atoms with Crippen molar-refractivity contribution in [2.45, 2.75) is 26.3 Å². The van der Waals surface area contributed by atoms with Crippen molar-refractivity contribution < 1.29 is 4.42 Å². The number of rotatable bonds is 1. The molecule has 1 aliphatic heterocycles. The maximum absolute atomic E-state index is 6.26. The van der Waals surface area contributed by atoms with E-state index in [1.807, 2.05) is 12.1 Å². The average molecular weight is 236 g/mol. The van der Waals surface area contributed by atoms with Crippen molar-refractivity contribution in [3.63, 3.8) is 0 Å². The zero-order valence-corrected chi connectivity index (χ0v) is 10.0. The third-order valence-electron chi connectivity index (χ3n) is 3.26. The molecule has 84 valence electrons. The third kappa shape index (κ3) is 1.37. The van der Waals surface area contributed by atoms with Crippen LogP contribution < -0.4 is 5.32 Å². The molecule has 1 N–H and O–H groups in total. The minimum atomic E-state index is 0.862. The molecule has 1 aromatic carbocycles. The molecule has 2 aromatic rings. The molecule has 16 heavy (non-hydrogen) atoms. The van der Waals surface area contributed by atoms with Crippen LogP contribution in [0.15, 0.2) is 16.5 Å². The SMILES string of the molecule is CCc1oc2ccc(Cl)c3c2c1CNCC3. The average Bonchev–Trinajstić information content (AvgIpc) is 2.49. The largest absolute Gasteiger partial charge is 0.461 e. The minimum absolute atomic E-state index is 0.862. The van der Waals surface area contributed by atoms with Crippen LogP contribution in [0.2, 0.25) is 5.02 Å². The minimum Gasteiger partial charge on any atom is -0.461 e. The molecule has 0 aliphatic carbocycles. The highest BCUT2D eigenvalue weighted by molar-refractivity contribution is 6.32. The lowest BCUT2D eigenvalue weighted by molar-refractivity contribution is 0.543. The molecule has 0 saturated heterocycles. The fraction of sp³-hybridized carbons (Fsp3) is 0.385. The Labute approximate surface area is 99.6 Å². The van der Waals surface area contributed by atoms with E-state index >= 15 is 0 Å². The molecule has 3 heteroatoms. The molecule has 2 nitrogen and oxygen atoms in total. The van der Waals surface area contributed by atoms with Gasteiger partial charge < -0.3 is 9.73 Å². The zero-order valence-electron chi connectivity index (χ0n) is 9.27. The second-order valence-electron chi connectivity index (χ2n) is 4.18.